The topological polar surface area (TPSA) is 127 Å². The Kier molecular flexibility index (Phi) is 7.94. The van der Waals surface area contributed by atoms with E-state index in [0.717, 1.165) is 19.6 Å². The van der Waals surface area contributed by atoms with Crippen LogP contribution in [-0.2, 0) is 0 Å². The van der Waals surface area contributed by atoms with Crippen molar-refractivity contribution in [2.24, 2.45) is 0 Å². The van der Waals surface area contributed by atoms with Crippen LogP contribution in [0.5, 0.6) is 5.75 Å². The van der Waals surface area contributed by atoms with Gasteiger partial charge >= 0.3 is 6.03 Å². The summed E-state index contributed by atoms with van der Waals surface area (Å²) in [6.07, 6.45) is 2.88. The molecule has 0 aliphatic carbocycles. The summed E-state index contributed by atoms with van der Waals surface area (Å²) >= 11 is 0. The van der Waals surface area contributed by atoms with Crippen molar-refractivity contribution in [2.45, 2.75) is 13.8 Å². The maximum absolute atomic E-state index is 14.3. The Hall–Kier alpha value is -4.51. The number of hydrogen-bond acceptors (Lipinski definition) is 7. The molecule has 0 bridgehead atoms. The smallest absolute Gasteiger partial charge is 0.323 e. The molecule has 0 spiro atoms. The van der Waals surface area contributed by atoms with Crippen molar-refractivity contribution in [3.05, 3.63) is 77.1 Å². The van der Waals surface area contributed by atoms with Crippen LogP contribution in [0.4, 0.5) is 26.4 Å². The molecule has 0 saturated carbocycles. The van der Waals surface area contributed by atoms with Crippen LogP contribution >= 0.6 is 0 Å². The number of aromatic nitrogens is 3. The van der Waals surface area contributed by atoms with Crippen molar-refractivity contribution in [3.8, 4) is 11.4 Å². The van der Waals surface area contributed by atoms with E-state index in [4.69, 9.17) is 10.5 Å². The third-order valence-corrected chi connectivity index (χ3v) is 5.87. The maximum Gasteiger partial charge on any atom is 0.323 e. The molecule has 2 aromatic heterocycles. The maximum atomic E-state index is 14.3. The fourth-order valence-electron chi connectivity index (χ4n) is 3.83. The van der Waals surface area contributed by atoms with Gasteiger partial charge in [0, 0.05) is 36.2 Å². The summed E-state index contributed by atoms with van der Waals surface area (Å²) in [5, 5.41) is 5.42. The first-order valence-electron chi connectivity index (χ1n) is 11.8. The minimum Gasteiger partial charge on any atom is -0.492 e. The van der Waals surface area contributed by atoms with Crippen LogP contribution in [0.25, 0.3) is 16.7 Å². The Labute approximate surface area is 212 Å². The van der Waals surface area contributed by atoms with E-state index in [1.54, 1.807) is 35.0 Å². The lowest BCUT2D eigenvalue weighted by atomic mass is 10.2. The van der Waals surface area contributed by atoms with Gasteiger partial charge in [0.2, 0.25) is 0 Å². The number of urea groups is 1. The quantitative estimate of drug-likeness (QED) is 0.315. The van der Waals surface area contributed by atoms with Crippen LogP contribution < -0.4 is 26.5 Å². The molecule has 0 aliphatic rings. The Morgan fingerprint density at radius 3 is 2.57 bits per heavy atom. The number of nitrogens with two attached hydrogens (primary N) is 1. The number of carbonyl (C=O) groups excluding carboxylic acids is 1. The molecule has 192 valence electrons. The number of nitrogens with zero attached hydrogens (tertiary/aromatic N) is 4. The number of benzene rings is 2. The lowest BCUT2D eigenvalue weighted by Gasteiger charge is -2.18. The largest absolute Gasteiger partial charge is 0.492 e. The molecule has 11 heteroatoms. The molecule has 2 amide bonds. The van der Waals surface area contributed by atoms with Crippen molar-refractivity contribution in [3.63, 3.8) is 0 Å². The molecule has 2 heterocycles. The first-order valence-corrected chi connectivity index (χ1v) is 11.8. The van der Waals surface area contributed by atoms with Crippen molar-refractivity contribution < 1.29 is 13.9 Å². The number of ether oxygens (including phenoxy) is 1. The Bertz CT molecular complexity index is 1450. The number of likely N-dealkylation sites (N-methyl/N-ethyl adjacent to an activating group) is 1. The zero-order valence-electron chi connectivity index (χ0n) is 20.6. The molecular formula is C26H28FN7O3. The standard InChI is InChI=1S/C26H28FN7O3/c1-3-33(4-2)13-14-37-19-9-10-20(27)21(15-19)32-26(36)31-17-5-7-18(8-6-17)34-12-11-22(35)23-24(28)29-16-30-25(23)34/h5-12,15-16H,3-4,13-14H2,1-2H3,(H2,28,29,30)(H2,31,32,36). The van der Waals surface area contributed by atoms with Crippen molar-refractivity contribution >= 4 is 34.3 Å². The highest BCUT2D eigenvalue weighted by atomic mass is 19.1. The number of halogens is 1. The monoisotopic (exact) mass is 505 g/mol. The molecule has 4 rings (SSSR count). The van der Waals surface area contributed by atoms with Crippen LogP contribution in [0.1, 0.15) is 13.8 Å². The van der Waals surface area contributed by atoms with E-state index in [-0.39, 0.29) is 22.3 Å². The molecule has 0 aliphatic heterocycles. The van der Waals surface area contributed by atoms with Gasteiger partial charge in [-0.1, -0.05) is 13.8 Å². The molecule has 2 aromatic carbocycles. The van der Waals surface area contributed by atoms with Gasteiger partial charge in [0.05, 0.1) is 5.69 Å². The summed E-state index contributed by atoms with van der Waals surface area (Å²) < 4.78 is 21.7. The van der Waals surface area contributed by atoms with Crippen molar-refractivity contribution in [2.75, 3.05) is 42.6 Å². The van der Waals surface area contributed by atoms with Gasteiger partial charge in [0.15, 0.2) is 11.1 Å². The molecule has 37 heavy (non-hydrogen) atoms. The minimum atomic E-state index is -0.610. The molecule has 4 N–H and O–H groups in total. The summed E-state index contributed by atoms with van der Waals surface area (Å²) in [7, 11) is 0. The normalized spacial score (nSPS) is 11.0. The van der Waals surface area contributed by atoms with Gasteiger partial charge in [-0.15, -0.1) is 0 Å². The van der Waals surface area contributed by atoms with Gasteiger partial charge in [0.1, 0.15) is 35.7 Å². The fraction of sp³-hybridized carbons (Fsp3) is 0.231. The Morgan fingerprint density at radius 1 is 1.08 bits per heavy atom. The predicted molar refractivity (Wildman–Crippen MR) is 142 cm³/mol. The van der Waals surface area contributed by atoms with E-state index >= 15 is 0 Å². The van der Waals surface area contributed by atoms with Crippen LogP contribution in [0.15, 0.2) is 65.8 Å². The molecule has 0 saturated heterocycles. The van der Waals surface area contributed by atoms with Gasteiger partial charge in [-0.05, 0) is 49.5 Å². The molecular weight excluding hydrogens is 477 g/mol. The van der Waals surface area contributed by atoms with E-state index in [2.05, 4.69) is 39.3 Å². The van der Waals surface area contributed by atoms with Crippen LogP contribution in [-0.4, -0.2) is 51.7 Å². The molecule has 0 fully saturated rings. The van der Waals surface area contributed by atoms with Gasteiger partial charge in [-0.25, -0.2) is 19.2 Å². The highest BCUT2D eigenvalue weighted by molar-refractivity contribution is 6.00. The summed E-state index contributed by atoms with van der Waals surface area (Å²) in [6, 6.07) is 11.8. The zero-order valence-corrected chi connectivity index (χ0v) is 20.6. The summed E-state index contributed by atoms with van der Waals surface area (Å²) in [5.41, 5.74) is 7.13. The summed E-state index contributed by atoms with van der Waals surface area (Å²) in [6.45, 7) is 7.19. The van der Waals surface area contributed by atoms with E-state index in [9.17, 15) is 14.0 Å². The van der Waals surface area contributed by atoms with Crippen LogP contribution in [0.2, 0.25) is 0 Å². The number of hydrogen-bond donors (Lipinski definition) is 3. The predicted octanol–water partition coefficient (Wildman–Crippen LogP) is 3.87. The fourth-order valence-corrected chi connectivity index (χ4v) is 3.83. The number of anilines is 3. The number of rotatable bonds is 9. The van der Waals surface area contributed by atoms with Crippen molar-refractivity contribution in [1.82, 2.24) is 19.4 Å². The Morgan fingerprint density at radius 2 is 1.84 bits per heavy atom. The molecule has 4 aromatic rings. The van der Waals surface area contributed by atoms with Gasteiger partial charge in [-0.3, -0.25) is 4.79 Å². The van der Waals surface area contributed by atoms with Gasteiger partial charge in [-0.2, -0.15) is 0 Å². The highest BCUT2D eigenvalue weighted by Crippen LogP contribution is 2.23. The highest BCUT2D eigenvalue weighted by Gasteiger charge is 2.12. The first-order chi connectivity index (χ1) is 17.9. The number of carbonyl (C=O) groups is 1. The van der Waals surface area contributed by atoms with E-state index in [1.807, 2.05) is 0 Å². The lowest BCUT2D eigenvalue weighted by molar-refractivity contribution is 0.223. The Balaban J connectivity index is 1.42. The second-order valence-corrected chi connectivity index (χ2v) is 8.15. The van der Waals surface area contributed by atoms with Crippen LogP contribution in [0, 0.1) is 5.82 Å². The summed E-state index contributed by atoms with van der Waals surface area (Å²) in [4.78, 5) is 35.0. The van der Waals surface area contributed by atoms with Crippen LogP contribution in [0.3, 0.4) is 0 Å². The molecule has 0 radical (unpaired) electrons. The lowest BCUT2D eigenvalue weighted by Crippen LogP contribution is -2.27. The van der Waals surface area contributed by atoms with E-state index in [1.165, 1.54) is 30.6 Å². The first kappa shape index (κ1) is 25.6. The number of pyridine rings is 1. The second kappa shape index (κ2) is 11.5. The number of nitrogen functional groups attached to an aromatic ring is 1. The average molecular weight is 506 g/mol. The molecule has 0 atom stereocenters. The van der Waals surface area contributed by atoms with Gasteiger partial charge < -0.3 is 30.6 Å². The third kappa shape index (κ3) is 6.01. The second-order valence-electron chi connectivity index (χ2n) is 8.15. The SMILES string of the molecule is CCN(CC)CCOc1ccc(F)c(NC(=O)Nc2ccc(-n3ccc(=O)c4c(N)ncnc43)cc2)c1. The van der Waals surface area contributed by atoms with Crippen molar-refractivity contribution in [1.29, 1.82) is 0 Å². The molecule has 0 unspecified atom stereocenters. The minimum absolute atomic E-state index is 0.00598. The van der Waals surface area contributed by atoms with E-state index < -0.39 is 11.8 Å². The van der Waals surface area contributed by atoms with Gasteiger partial charge in [0.25, 0.3) is 0 Å². The van der Waals surface area contributed by atoms with E-state index in [0.29, 0.717) is 29.4 Å². The number of fused-ring (bicyclic) bond motifs is 1. The average Bonchev–Trinajstić information content (AvgIpc) is 2.89. The zero-order chi connectivity index (χ0) is 26.4. The number of amides is 2. The number of nitrogens with one attached hydrogen (secondary N) is 2. The molecule has 10 nitrogen and oxygen atoms in total. The third-order valence-electron chi connectivity index (χ3n) is 5.87. The summed E-state index contributed by atoms with van der Waals surface area (Å²) in [5.74, 6) is -0.0103.